The summed E-state index contributed by atoms with van der Waals surface area (Å²) in [6, 6.07) is 0. The fraction of sp³-hybridized carbons (Fsp3) is 0.462. The van der Waals surface area contributed by atoms with Gasteiger partial charge in [0.1, 0.15) is 6.10 Å². The van der Waals surface area contributed by atoms with Gasteiger partial charge in [0.2, 0.25) is 5.95 Å². The Labute approximate surface area is 129 Å². The molecular formula is C13H15N5O5. The average molecular weight is 321 g/mol. The predicted octanol–water partition coefficient (Wildman–Crippen LogP) is -1.52. The van der Waals surface area contributed by atoms with Gasteiger partial charge in [0.15, 0.2) is 23.2 Å². The van der Waals surface area contributed by atoms with Crippen LogP contribution in [0.5, 0.6) is 0 Å². The summed E-state index contributed by atoms with van der Waals surface area (Å²) in [5.41, 5.74) is 5.47. The summed E-state index contributed by atoms with van der Waals surface area (Å²) < 4.78 is 12.8. The zero-order valence-electron chi connectivity index (χ0n) is 11.9. The van der Waals surface area contributed by atoms with Crippen LogP contribution in [0.3, 0.4) is 0 Å². The molecule has 2 saturated heterocycles. The number of aliphatic hydroxyl groups is 2. The van der Waals surface area contributed by atoms with Crippen molar-refractivity contribution in [3.05, 3.63) is 29.3 Å². The lowest BCUT2D eigenvalue weighted by Gasteiger charge is -2.47. The van der Waals surface area contributed by atoms with E-state index in [0.29, 0.717) is 0 Å². The van der Waals surface area contributed by atoms with Crippen LogP contribution in [0.4, 0.5) is 5.95 Å². The molecule has 10 heteroatoms. The quantitative estimate of drug-likeness (QED) is 0.498. The minimum absolute atomic E-state index is 0.0466. The van der Waals surface area contributed by atoms with E-state index in [0.717, 1.165) is 0 Å². The van der Waals surface area contributed by atoms with Crippen molar-refractivity contribution in [1.82, 2.24) is 19.5 Å². The molecule has 10 nitrogen and oxygen atoms in total. The summed E-state index contributed by atoms with van der Waals surface area (Å²) >= 11 is 0. The van der Waals surface area contributed by atoms with Crippen molar-refractivity contribution in [2.75, 3.05) is 12.3 Å². The summed E-state index contributed by atoms with van der Waals surface area (Å²) in [6.07, 6.45) is 0.794. The van der Waals surface area contributed by atoms with E-state index >= 15 is 0 Å². The molecule has 2 aliphatic rings. The number of nitrogens with zero attached hydrogens (tertiary/aromatic N) is 3. The molecule has 4 rings (SSSR count). The summed E-state index contributed by atoms with van der Waals surface area (Å²) in [4.78, 5) is 22.3. The molecule has 2 fully saturated rings. The van der Waals surface area contributed by atoms with Gasteiger partial charge in [0.05, 0.1) is 25.0 Å². The van der Waals surface area contributed by atoms with Gasteiger partial charge < -0.3 is 25.4 Å². The first-order valence-corrected chi connectivity index (χ1v) is 7.01. The lowest BCUT2D eigenvalue weighted by molar-refractivity contribution is -0.336. The first kappa shape index (κ1) is 14.3. The number of aliphatic hydroxyl groups excluding tert-OH is 1. The van der Waals surface area contributed by atoms with Crippen molar-refractivity contribution in [2.24, 2.45) is 5.92 Å². The predicted molar refractivity (Wildman–Crippen MR) is 77.1 cm³/mol. The number of aromatic amines is 1. The van der Waals surface area contributed by atoms with Crippen LogP contribution < -0.4 is 11.3 Å². The number of nitrogens with two attached hydrogens (primary N) is 1. The number of ether oxygens (including phenoxy) is 2. The van der Waals surface area contributed by atoms with Crippen LogP contribution in [-0.4, -0.2) is 54.3 Å². The van der Waals surface area contributed by atoms with Crippen molar-refractivity contribution in [1.29, 1.82) is 0 Å². The van der Waals surface area contributed by atoms with Crippen molar-refractivity contribution in [3.8, 4) is 0 Å². The van der Waals surface area contributed by atoms with Crippen LogP contribution in [0.25, 0.3) is 11.2 Å². The molecule has 2 aliphatic heterocycles. The van der Waals surface area contributed by atoms with Crippen LogP contribution in [0.15, 0.2) is 23.8 Å². The highest BCUT2D eigenvalue weighted by Crippen LogP contribution is 2.52. The third kappa shape index (κ3) is 1.80. The second-order valence-corrected chi connectivity index (χ2v) is 5.59. The van der Waals surface area contributed by atoms with Gasteiger partial charge in [-0.15, -0.1) is 0 Å². The Morgan fingerprint density at radius 1 is 1.61 bits per heavy atom. The van der Waals surface area contributed by atoms with E-state index in [-0.39, 0.29) is 23.7 Å². The molecule has 4 heterocycles. The van der Waals surface area contributed by atoms with Crippen LogP contribution in [0, 0.1) is 5.92 Å². The SMILES string of the molecule is C=CC1(O)OC2C(n3cnc4c(=O)[nH]c(N)nc43)OC(CO)C21. The number of anilines is 1. The van der Waals surface area contributed by atoms with Gasteiger partial charge in [0, 0.05) is 0 Å². The van der Waals surface area contributed by atoms with Crippen LogP contribution in [0.2, 0.25) is 0 Å². The van der Waals surface area contributed by atoms with Gasteiger partial charge in [-0.2, -0.15) is 4.98 Å². The Hall–Kier alpha value is -2.27. The third-order valence-electron chi connectivity index (χ3n) is 4.35. The number of nitrogen functional groups attached to an aromatic ring is 1. The normalized spacial score (nSPS) is 35.9. The monoisotopic (exact) mass is 321 g/mol. The van der Waals surface area contributed by atoms with E-state index in [1.165, 1.54) is 17.0 Å². The molecule has 122 valence electrons. The third-order valence-corrected chi connectivity index (χ3v) is 4.35. The first-order valence-electron chi connectivity index (χ1n) is 7.01. The molecule has 0 bridgehead atoms. The molecule has 0 radical (unpaired) electrons. The van der Waals surface area contributed by atoms with E-state index in [1.807, 2.05) is 0 Å². The minimum Gasteiger partial charge on any atom is -0.394 e. The smallest absolute Gasteiger partial charge is 0.280 e. The second kappa shape index (κ2) is 4.61. The maximum absolute atomic E-state index is 11.8. The van der Waals surface area contributed by atoms with E-state index in [9.17, 15) is 15.0 Å². The van der Waals surface area contributed by atoms with Crippen molar-refractivity contribution in [3.63, 3.8) is 0 Å². The fourth-order valence-corrected chi connectivity index (χ4v) is 3.28. The number of fused-ring (bicyclic) bond motifs is 2. The highest BCUT2D eigenvalue weighted by molar-refractivity contribution is 5.70. The molecule has 2 aromatic heterocycles. The number of H-pyrrole nitrogens is 1. The Morgan fingerprint density at radius 3 is 3.09 bits per heavy atom. The molecule has 0 aliphatic carbocycles. The Bertz CT molecular complexity index is 847. The minimum atomic E-state index is -1.55. The largest absolute Gasteiger partial charge is 0.394 e. The van der Waals surface area contributed by atoms with Crippen LogP contribution in [0.1, 0.15) is 6.23 Å². The highest BCUT2D eigenvalue weighted by atomic mass is 16.7. The van der Waals surface area contributed by atoms with E-state index in [4.69, 9.17) is 15.2 Å². The standard InChI is InChI=1S/C13H15N5O5/c1-2-13(21)6-5(3-19)22-11(8(6)23-13)18-4-15-7-9(18)16-12(14)17-10(7)20/h2,4-6,8,11,19,21H,1,3H2,(H3,14,16,17,20). The van der Waals surface area contributed by atoms with Crippen molar-refractivity contribution < 1.29 is 19.7 Å². The summed E-state index contributed by atoms with van der Waals surface area (Å²) in [5.74, 6) is -2.07. The number of hydrogen-bond donors (Lipinski definition) is 4. The highest BCUT2D eigenvalue weighted by Gasteiger charge is 2.65. The van der Waals surface area contributed by atoms with Crippen molar-refractivity contribution >= 4 is 17.1 Å². The zero-order chi connectivity index (χ0) is 16.4. The molecule has 5 atom stereocenters. The van der Waals surface area contributed by atoms with Gasteiger partial charge in [-0.3, -0.25) is 14.3 Å². The molecule has 0 saturated carbocycles. The van der Waals surface area contributed by atoms with E-state index in [1.54, 1.807) is 0 Å². The average Bonchev–Trinajstić information content (AvgIpc) is 3.05. The summed E-state index contributed by atoms with van der Waals surface area (Å²) in [6.45, 7) is 3.25. The number of aromatic nitrogens is 4. The Kier molecular flexibility index (Phi) is 2.87. The molecule has 0 amide bonds. The van der Waals surface area contributed by atoms with Crippen LogP contribution in [-0.2, 0) is 9.47 Å². The summed E-state index contributed by atoms with van der Waals surface area (Å²) in [5, 5.41) is 19.8. The zero-order valence-corrected chi connectivity index (χ0v) is 11.9. The molecule has 2 aromatic rings. The molecule has 0 aromatic carbocycles. The molecule has 5 unspecified atom stereocenters. The van der Waals surface area contributed by atoms with Gasteiger partial charge in [0.25, 0.3) is 5.56 Å². The van der Waals surface area contributed by atoms with Gasteiger partial charge in [-0.1, -0.05) is 6.58 Å². The van der Waals surface area contributed by atoms with Gasteiger partial charge >= 0.3 is 0 Å². The van der Waals surface area contributed by atoms with Crippen LogP contribution >= 0.6 is 0 Å². The number of rotatable bonds is 3. The molecule has 5 N–H and O–H groups in total. The van der Waals surface area contributed by atoms with Gasteiger partial charge in [-0.05, 0) is 6.08 Å². The molecular weight excluding hydrogens is 306 g/mol. The number of nitrogens with one attached hydrogen (secondary N) is 1. The summed E-state index contributed by atoms with van der Waals surface area (Å²) in [7, 11) is 0. The van der Waals surface area contributed by atoms with E-state index < -0.39 is 35.7 Å². The Balaban J connectivity index is 1.78. The number of hydrogen-bond acceptors (Lipinski definition) is 8. The Morgan fingerprint density at radius 2 is 2.39 bits per heavy atom. The lowest BCUT2D eigenvalue weighted by Crippen LogP contribution is -2.61. The lowest BCUT2D eigenvalue weighted by atomic mass is 9.83. The maximum Gasteiger partial charge on any atom is 0.280 e. The van der Waals surface area contributed by atoms with Gasteiger partial charge in [-0.25, -0.2) is 4.98 Å². The van der Waals surface area contributed by atoms with Crippen molar-refractivity contribution in [2.45, 2.75) is 24.2 Å². The maximum atomic E-state index is 11.8. The molecule has 0 spiro atoms. The fourth-order valence-electron chi connectivity index (χ4n) is 3.28. The first-order chi connectivity index (χ1) is 11.0. The molecule has 23 heavy (non-hydrogen) atoms. The topological polar surface area (TPSA) is 149 Å². The second-order valence-electron chi connectivity index (χ2n) is 5.59. The van der Waals surface area contributed by atoms with E-state index in [2.05, 4.69) is 21.5 Å². The number of imidazole rings is 1.